The van der Waals surface area contributed by atoms with Crippen LogP contribution >= 0.6 is 0 Å². The Balaban J connectivity index is 1.68. The van der Waals surface area contributed by atoms with E-state index < -0.39 is 0 Å². The average Bonchev–Trinajstić information content (AvgIpc) is 3.01. The van der Waals surface area contributed by atoms with Crippen LogP contribution in [0.15, 0.2) is 6.20 Å². The summed E-state index contributed by atoms with van der Waals surface area (Å²) >= 11 is 0. The van der Waals surface area contributed by atoms with Gasteiger partial charge in [-0.25, -0.2) is 0 Å². The Morgan fingerprint density at radius 3 is 2.89 bits per heavy atom. The van der Waals surface area contributed by atoms with Gasteiger partial charge in [0.15, 0.2) is 0 Å². The van der Waals surface area contributed by atoms with E-state index >= 15 is 0 Å². The van der Waals surface area contributed by atoms with Gasteiger partial charge >= 0.3 is 0 Å². The van der Waals surface area contributed by atoms with Crippen molar-refractivity contribution in [3.05, 3.63) is 17.5 Å². The van der Waals surface area contributed by atoms with Gasteiger partial charge in [0.05, 0.1) is 6.20 Å². The molecule has 1 atom stereocenters. The van der Waals surface area contributed by atoms with Crippen LogP contribution in [0.1, 0.15) is 44.9 Å². The lowest BCUT2D eigenvalue weighted by Gasteiger charge is -2.24. The second-order valence-electron chi connectivity index (χ2n) is 7.41. The van der Waals surface area contributed by atoms with Crippen LogP contribution in [-0.4, -0.2) is 41.3 Å². The molecule has 0 aromatic carbocycles. The second-order valence-corrected chi connectivity index (χ2v) is 7.41. The molecule has 3 rings (SSSR count). The minimum atomic E-state index is 0.151. The molecule has 2 saturated heterocycles. The Morgan fingerprint density at radius 1 is 1.37 bits per heavy atom. The quantitative estimate of drug-likeness (QED) is 0.855. The van der Waals surface area contributed by atoms with Crippen molar-refractivity contribution < 1.29 is 0 Å². The molecule has 1 aromatic heterocycles. The molecule has 0 radical (unpaired) electrons. The first-order valence-electron chi connectivity index (χ1n) is 7.44. The zero-order chi connectivity index (χ0) is 13.5. The van der Waals surface area contributed by atoms with Gasteiger partial charge in [-0.15, -0.1) is 0 Å². The number of hydrogen-bond acceptors (Lipinski definition) is 3. The van der Waals surface area contributed by atoms with Crippen LogP contribution in [0.4, 0.5) is 0 Å². The summed E-state index contributed by atoms with van der Waals surface area (Å²) in [6.07, 6.45) is 4.71. The molecule has 19 heavy (non-hydrogen) atoms. The number of hydrogen-bond donors (Lipinski definition) is 2. The van der Waals surface area contributed by atoms with Gasteiger partial charge in [0.1, 0.15) is 0 Å². The highest BCUT2D eigenvalue weighted by Crippen LogP contribution is 2.37. The molecule has 0 saturated carbocycles. The predicted octanol–water partition coefficient (Wildman–Crippen LogP) is 1.89. The van der Waals surface area contributed by atoms with E-state index in [1.54, 1.807) is 0 Å². The van der Waals surface area contributed by atoms with Crippen molar-refractivity contribution in [1.29, 1.82) is 0 Å². The second kappa shape index (κ2) is 4.60. The molecule has 106 valence electrons. The highest BCUT2D eigenvalue weighted by molar-refractivity contribution is 5.23. The van der Waals surface area contributed by atoms with Crippen LogP contribution in [0.5, 0.6) is 0 Å². The molecule has 3 heterocycles. The minimum Gasteiger partial charge on any atom is -0.316 e. The third-order valence-electron chi connectivity index (χ3n) is 4.71. The van der Waals surface area contributed by atoms with Gasteiger partial charge in [-0.3, -0.25) is 10.00 Å². The van der Waals surface area contributed by atoms with E-state index in [4.69, 9.17) is 0 Å². The molecule has 1 aromatic rings. The lowest BCUT2D eigenvalue weighted by molar-refractivity contribution is 0.267. The fourth-order valence-electron chi connectivity index (χ4n) is 3.63. The van der Waals surface area contributed by atoms with Crippen molar-refractivity contribution in [2.24, 2.45) is 5.41 Å². The van der Waals surface area contributed by atoms with Crippen LogP contribution in [0.3, 0.4) is 0 Å². The van der Waals surface area contributed by atoms with E-state index in [0.717, 1.165) is 6.54 Å². The van der Waals surface area contributed by atoms with Gasteiger partial charge < -0.3 is 5.32 Å². The average molecular weight is 262 g/mol. The Labute approximate surface area is 116 Å². The number of H-pyrrole nitrogens is 1. The fourth-order valence-corrected chi connectivity index (χ4v) is 3.63. The summed E-state index contributed by atoms with van der Waals surface area (Å²) in [5.74, 6) is 0. The van der Waals surface area contributed by atoms with Gasteiger partial charge in [0.25, 0.3) is 0 Å². The van der Waals surface area contributed by atoms with Crippen LogP contribution in [0.2, 0.25) is 0 Å². The zero-order valence-electron chi connectivity index (χ0n) is 12.4. The molecule has 2 fully saturated rings. The Bertz CT molecular complexity index is 437. The summed E-state index contributed by atoms with van der Waals surface area (Å²) in [5.41, 5.74) is 3.37. The molecule has 2 N–H and O–H groups in total. The maximum Gasteiger partial charge on any atom is 0.0535 e. The van der Waals surface area contributed by atoms with Crippen molar-refractivity contribution in [1.82, 2.24) is 20.4 Å². The minimum absolute atomic E-state index is 0.151. The molecular formula is C15H26N4. The number of aromatic amines is 1. The zero-order valence-corrected chi connectivity index (χ0v) is 12.4. The molecule has 0 amide bonds. The highest BCUT2D eigenvalue weighted by atomic mass is 15.2. The van der Waals surface area contributed by atoms with Crippen molar-refractivity contribution >= 4 is 0 Å². The number of nitrogens with zero attached hydrogens (tertiary/aromatic N) is 2. The third-order valence-corrected chi connectivity index (χ3v) is 4.71. The molecule has 4 nitrogen and oxygen atoms in total. The van der Waals surface area contributed by atoms with Gasteiger partial charge in [0.2, 0.25) is 0 Å². The standard InChI is InChI=1S/C15H26N4/c1-14(2,3)13-12(8-17-18-13)9-19-7-5-15(11-19)4-6-16-10-15/h8,16H,4-7,9-11H2,1-3H3,(H,17,18). The SMILES string of the molecule is CC(C)(C)c1[nH]ncc1CN1CCC2(CCNC2)C1. The Kier molecular flexibility index (Phi) is 3.18. The van der Waals surface area contributed by atoms with Crippen molar-refractivity contribution in [2.45, 2.75) is 45.6 Å². The van der Waals surface area contributed by atoms with Gasteiger partial charge in [-0.05, 0) is 31.3 Å². The van der Waals surface area contributed by atoms with E-state index in [-0.39, 0.29) is 5.41 Å². The maximum absolute atomic E-state index is 4.26. The summed E-state index contributed by atoms with van der Waals surface area (Å²) in [4.78, 5) is 2.60. The Hall–Kier alpha value is -0.870. The molecule has 0 bridgehead atoms. The number of nitrogens with one attached hydrogen (secondary N) is 2. The van der Waals surface area contributed by atoms with Crippen LogP contribution < -0.4 is 5.32 Å². The maximum atomic E-state index is 4.26. The molecule has 4 heteroatoms. The summed E-state index contributed by atoms with van der Waals surface area (Å²) in [7, 11) is 0. The number of rotatable bonds is 2. The van der Waals surface area contributed by atoms with Crippen molar-refractivity contribution in [3.63, 3.8) is 0 Å². The van der Waals surface area contributed by atoms with Crippen molar-refractivity contribution in [3.8, 4) is 0 Å². The van der Waals surface area contributed by atoms with E-state index in [0.29, 0.717) is 5.41 Å². The van der Waals surface area contributed by atoms with Gasteiger partial charge in [-0.1, -0.05) is 20.8 Å². The topological polar surface area (TPSA) is 44.0 Å². The molecular weight excluding hydrogens is 236 g/mol. The van der Waals surface area contributed by atoms with Crippen LogP contribution in [0, 0.1) is 5.41 Å². The summed E-state index contributed by atoms with van der Waals surface area (Å²) in [6.45, 7) is 12.7. The monoisotopic (exact) mass is 262 g/mol. The third kappa shape index (κ3) is 2.56. The highest BCUT2D eigenvalue weighted by Gasteiger charge is 2.40. The fraction of sp³-hybridized carbons (Fsp3) is 0.800. The largest absolute Gasteiger partial charge is 0.316 e. The molecule has 1 unspecified atom stereocenters. The number of aromatic nitrogens is 2. The van der Waals surface area contributed by atoms with Crippen LogP contribution in [-0.2, 0) is 12.0 Å². The first-order chi connectivity index (χ1) is 8.99. The van der Waals surface area contributed by atoms with E-state index in [1.807, 2.05) is 6.20 Å². The molecule has 0 aliphatic carbocycles. The van der Waals surface area contributed by atoms with E-state index in [9.17, 15) is 0 Å². The summed E-state index contributed by atoms with van der Waals surface area (Å²) < 4.78 is 0. The van der Waals surface area contributed by atoms with Crippen LogP contribution in [0.25, 0.3) is 0 Å². The predicted molar refractivity (Wildman–Crippen MR) is 77.1 cm³/mol. The number of likely N-dealkylation sites (tertiary alicyclic amines) is 1. The van der Waals surface area contributed by atoms with Gasteiger partial charge in [0, 0.05) is 36.3 Å². The molecule has 2 aliphatic rings. The van der Waals surface area contributed by atoms with E-state index in [1.165, 1.54) is 50.3 Å². The Morgan fingerprint density at radius 2 is 2.21 bits per heavy atom. The lowest BCUT2D eigenvalue weighted by Crippen LogP contribution is -2.29. The summed E-state index contributed by atoms with van der Waals surface area (Å²) in [6, 6.07) is 0. The normalized spacial score (nSPS) is 28.6. The van der Waals surface area contributed by atoms with E-state index in [2.05, 4.69) is 41.2 Å². The van der Waals surface area contributed by atoms with Gasteiger partial charge in [-0.2, -0.15) is 5.10 Å². The molecule has 2 aliphatic heterocycles. The first-order valence-corrected chi connectivity index (χ1v) is 7.44. The van der Waals surface area contributed by atoms with Crippen molar-refractivity contribution in [2.75, 3.05) is 26.2 Å². The molecule has 1 spiro atoms. The smallest absolute Gasteiger partial charge is 0.0535 e. The first kappa shape index (κ1) is 13.1. The lowest BCUT2D eigenvalue weighted by atomic mass is 9.86. The summed E-state index contributed by atoms with van der Waals surface area (Å²) in [5, 5.41) is 11.0.